The molecule has 0 aromatic rings. The van der Waals surface area contributed by atoms with E-state index in [1.54, 1.807) is 6.08 Å². The molecule has 0 saturated carbocycles. The SMILES string of the molecule is [O-]C1=CCCCO1. The van der Waals surface area contributed by atoms with Gasteiger partial charge in [0.15, 0.2) is 0 Å². The van der Waals surface area contributed by atoms with Gasteiger partial charge in [0, 0.05) is 5.95 Å². The summed E-state index contributed by atoms with van der Waals surface area (Å²) in [6, 6.07) is 0. The van der Waals surface area contributed by atoms with Crippen LogP contribution in [0.5, 0.6) is 0 Å². The Morgan fingerprint density at radius 1 is 1.71 bits per heavy atom. The first-order chi connectivity index (χ1) is 3.39. The normalized spacial score (nSPS) is 20.3. The first kappa shape index (κ1) is 4.50. The van der Waals surface area contributed by atoms with Crippen molar-refractivity contribution in [3.8, 4) is 0 Å². The predicted molar refractivity (Wildman–Crippen MR) is 23.3 cm³/mol. The van der Waals surface area contributed by atoms with E-state index in [-0.39, 0.29) is 5.95 Å². The van der Waals surface area contributed by atoms with Gasteiger partial charge in [-0.25, -0.2) is 0 Å². The average molecular weight is 99.1 g/mol. The van der Waals surface area contributed by atoms with E-state index in [1.807, 2.05) is 0 Å². The van der Waals surface area contributed by atoms with Crippen LogP contribution in [0, 0.1) is 0 Å². The highest BCUT2D eigenvalue weighted by atomic mass is 16.6. The minimum absolute atomic E-state index is 0.161. The van der Waals surface area contributed by atoms with E-state index in [1.165, 1.54) is 0 Å². The quantitative estimate of drug-likeness (QED) is 0.428. The van der Waals surface area contributed by atoms with Crippen molar-refractivity contribution < 1.29 is 9.84 Å². The number of ether oxygens (including phenoxy) is 1. The van der Waals surface area contributed by atoms with Gasteiger partial charge in [-0.1, -0.05) is 6.08 Å². The summed E-state index contributed by atoms with van der Waals surface area (Å²) in [6.45, 7) is 0.606. The van der Waals surface area contributed by atoms with Crippen LogP contribution in [0.4, 0.5) is 0 Å². The standard InChI is InChI=1S/C5H8O2/c6-5-3-1-2-4-7-5/h3,6H,1-2,4H2/p-1. The monoisotopic (exact) mass is 99.0 g/mol. The topological polar surface area (TPSA) is 32.3 Å². The molecular formula is C5H7O2-. The lowest BCUT2D eigenvalue weighted by molar-refractivity contribution is -0.359. The molecule has 0 atom stereocenters. The first-order valence-corrected chi connectivity index (χ1v) is 2.39. The molecule has 0 aromatic heterocycles. The lowest BCUT2D eigenvalue weighted by Crippen LogP contribution is -2.11. The summed E-state index contributed by atoms with van der Waals surface area (Å²) < 4.78 is 4.58. The molecule has 1 heterocycles. The van der Waals surface area contributed by atoms with Gasteiger partial charge in [0.25, 0.3) is 0 Å². The van der Waals surface area contributed by atoms with E-state index < -0.39 is 0 Å². The molecule has 0 bridgehead atoms. The Morgan fingerprint density at radius 3 is 2.86 bits per heavy atom. The summed E-state index contributed by atoms with van der Waals surface area (Å²) in [6.07, 6.45) is 3.45. The zero-order valence-corrected chi connectivity index (χ0v) is 4.02. The van der Waals surface area contributed by atoms with Crippen molar-refractivity contribution in [2.24, 2.45) is 0 Å². The second-order valence-electron chi connectivity index (χ2n) is 1.51. The van der Waals surface area contributed by atoms with E-state index in [0.717, 1.165) is 12.8 Å². The number of hydrogen-bond acceptors (Lipinski definition) is 2. The van der Waals surface area contributed by atoms with Crippen molar-refractivity contribution in [2.45, 2.75) is 12.8 Å². The fourth-order valence-corrected chi connectivity index (χ4v) is 0.535. The van der Waals surface area contributed by atoms with Gasteiger partial charge in [-0.05, 0) is 19.4 Å². The third-order valence-corrected chi connectivity index (χ3v) is 0.904. The van der Waals surface area contributed by atoms with Crippen molar-refractivity contribution in [3.05, 3.63) is 12.0 Å². The van der Waals surface area contributed by atoms with E-state index >= 15 is 0 Å². The molecule has 0 spiro atoms. The van der Waals surface area contributed by atoms with Crippen LogP contribution in [-0.2, 0) is 4.74 Å². The van der Waals surface area contributed by atoms with Gasteiger partial charge in [0.05, 0.1) is 0 Å². The number of allylic oxidation sites excluding steroid dienone is 1. The second-order valence-corrected chi connectivity index (χ2v) is 1.51. The molecule has 0 aliphatic carbocycles. The van der Waals surface area contributed by atoms with Crippen molar-refractivity contribution in [1.82, 2.24) is 0 Å². The molecule has 0 unspecified atom stereocenters. The molecule has 0 aromatic carbocycles. The van der Waals surface area contributed by atoms with Crippen molar-refractivity contribution in [1.29, 1.82) is 0 Å². The van der Waals surface area contributed by atoms with Crippen molar-refractivity contribution in [3.63, 3.8) is 0 Å². The molecule has 0 N–H and O–H groups in total. The number of rotatable bonds is 0. The molecule has 0 radical (unpaired) electrons. The highest BCUT2D eigenvalue weighted by Gasteiger charge is 1.88. The summed E-state index contributed by atoms with van der Waals surface area (Å²) in [5.41, 5.74) is 0. The second kappa shape index (κ2) is 1.87. The molecule has 40 valence electrons. The van der Waals surface area contributed by atoms with Crippen LogP contribution in [0.3, 0.4) is 0 Å². The Hall–Kier alpha value is -0.660. The highest BCUT2D eigenvalue weighted by molar-refractivity contribution is 4.82. The molecule has 0 fully saturated rings. The lowest BCUT2D eigenvalue weighted by Gasteiger charge is -2.18. The summed E-state index contributed by atoms with van der Waals surface area (Å²) in [7, 11) is 0. The van der Waals surface area contributed by atoms with Gasteiger partial charge in [0.2, 0.25) is 0 Å². The number of hydrogen-bond donors (Lipinski definition) is 0. The largest absolute Gasteiger partial charge is 0.613 e. The van der Waals surface area contributed by atoms with E-state index in [0.29, 0.717) is 6.61 Å². The maximum absolute atomic E-state index is 10.2. The minimum Gasteiger partial charge on any atom is -0.613 e. The van der Waals surface area contributed by atoms with Gasteiger partial charge >= 0.3 is 0 Å². The third kappa shape index (κ3) is 1.11. The Bertz CT molecular complexity index is 86.1. The lowest BCUT2D eigenvalue weighted by atomic mass is 10.3. The first-order valence-electron chi connectivity index (χ1n) is 2.39. The molecule has 2 heteroatoms. The van der Waals surface area contributed by atoms with E-state index in [9.17, 15) is 5.11 Å². The highest BCUT2D eigenvalue weighted by Crippen LogP contribution is 2.02. The maximum Gasteiger partial charge on any atom is 0.0471 e. The Morgan fingerprint density at radius 2 is 2.57 bits per heavy atom. The molecule has 7 heavy (non-hydrogen) atoms. The summed E-state index contributed by atoms with van der Waals surface area (Å²) in [4.78, 5) is 0. The van der Waals surface area contributed by atoms with Crippen LogP contribution < -0.4 is 5.11 Å². The average Bonchev–Trinajstić information content (AvgIpc) is 1.69. The Balaban J connectivity index is 2.40. The Kier molecular flexibility index (Phi) is 1.20. The molecule has 2 nitrogen and oxygen atoms in total. The van der Waals surface area contributed by atoms with E-state index in [4.69, 9.17) is 0 Å². The van der Waals surface area contributed by atoms with Gasteiger partial charge in [-0.15, -0.1) is 0 Å². The molecule has 1 aliphatic rings. The van der Waals surface area contributed by atoms with Crippen LogP contribution >= 0.6 is 0 Å². The van der Waals surface area contributed by atoms with Gasteiger partial charge < -0.3 is 9.84 Å². The molecular weight excluding hydrogens is 92.1 g/mol. The van der Waals surface area contributed by atoms with Crippen molar-refractivity contribution >= 4 is 0 Å². The fraction of sp³-hybridized carbons (Fsp3) is 0.600. The van der Waals surface area contributed by atoms with Gasteiger partial charge in [-0.2, -0.15) is 0 Å². The zero-order chi connectivity index (χ0) is 5.11. The van der Waals surface area contributed by atoms with Gasteiger partial charge in [-0.3, -0.25) is 0 Å². The Labute approximate surface area is 42.4 Å². The predicted octanol–water partition coefficient (Wildman–Crippen LogP) is -0.00150. The summed E-state index contributed by atoms with van der Waals surface area (Å²) in [5.74, 6) is -0.161. The minimum atomic E-state index is -0.161. The molecule has 0 saturated heterocycles. The third-order valence-electron chi connectivity index (χ3n) is 0.904. The van der Waals surface area contributed by atoms with Crippen molar-refractivity contribution in [2.75, 3.05) is 6.61 Å². The fourth-order valence-electron chi connectivity index (χ4n) is 0.535. The molecule has 1 rings (SSSR count). The summed E-state index contributed by atoms with van der Waals surface area (Å²) >= 11 is 0. The van der Waals surface area contributed by atoms with Crippen LogP contribution in [0.15, 0.2) is 12.0 Å². The van der Waals surface area contributed by atoms with E-state index in [2.05, 4.69) is 4.74 Å². The van der Waals surface area contributed by atoms with Crippen LogP contribution in [0.2, 0.25) is 0 Å². The van der Waals surface area contributed by atoms with Crippen LogP contribution in [0.25, 0.3) is 0 Å². The summed E-state index contributed by atoms with van der Waals surface area (Å²) in [5, 5.41) is 10.2. The smallest absolute Gasteiger partial charge is 0.0471 e. The maximum atomic E-state index is 10.2. The van der Waals surface area contributed by atoms with Crippen LogP contribution in [0.1, 0.15) is 12.8 Å². The molecule has 0 amide bonds. The van der Waals surface area contributed by atoms with Crippen LogP contribution in [-0.4, -0.2) is 6.61 Å². The van der Waals surface area contributed by atoms with Gasteiger partial charge in [0.1, 0.15) is 0 Å². The molecule has 1 aliphatic heterocycles. The zero-order valence-electron chi connectivity index (χ0n) is 4.02.